The van der Waals surface area contributed by atoms with E-state index in [1.165, 1.54) is 22.3 Å². The maximum absolute atomic E-state index is 13.0. The van der Waals surface area contributed by atoms with Crippen LogP contribution in [0.4, 0.5) is 0 Å². The van der Waals surface area contributed by atoms with E-state index in [0.29, 0.717) is 6.42 Å². The summed E-state index contributed by atoms with van der Waals surface area (Å²) in [6.45, 7) is 3.50. The van der Waals surface area contributed by atoms with Crippen molar-refractivity contribution in [2.75, 3.05) is 13.1 Å². The average molecular weight is 386 g/mol. The molecule has 0 saturated carbocycles. The molecule has 26 heavy (non-hydrogen) atoms. The quantitative estimate of drug-likeness (QED) is 0.690. The van der Waals surface area contributed by atoms with Gasteiger partial charge in [0.1, 0.15) is 0 Å². The SMILES string of the molecule is C[C@H](Cc1ccccc1Cl)C(=O)N1CCC2=C(Cc3ccc(Cl)cc32)C1. The van der Waals surface area contributed by atoms with E-state index >= 15 is 0 Å². The predicted octanol–water partition coefficient (Wildman–Crippen LogP) is 5.41. The smallest absolute Gasteiger partial charge is 0.226 e. The van der Waals surface area contributed by atoms with Crippen LogP contribution in [-0.2, 0) is 17.6 Å². The molecule has 0 saturated heterocycles. The summed E-state index contributed by atoms with van der Waals surface area (Å²) < 4.78 is 0. The van der Waals surface area contributed by atoms with Gasteiger partial charge in [0.25, 0.3) is 0 Å². The Morgan fingerprint density at radius 1 is 1.19 bits per heavy atom. The number of amides is 1. The molecule has 0 radical (unpaired) electrons. The number of fused-ring (bicyclic) bond motifs is 2. The molecule has 0 bridgehead atoms. The van der Waals surface area contributed by atoms with E-state index in [-0.39, 0.29) is 11.8 Å². The zero-order valence-corrected chi connectivity index (χ0v) is 16.3. The summed E-state index contributed by atoms with van der Waals surface area (Å²) in [6.07, 6.45) is 2.52. The minimum Gasteiger partial charge on any atom is -0.338 e. The molecule has 1 atom stereocenters. The monoisotopic (exact) mass is 385 g/mol. The normalized spacial score (nSPS) is 17.1. The number of nitrogens with zero attached hydrogens (tertiary/aromatic N) is 1. The topological polar surface area (TPSA) is 20.3 Å². The van der Waals surface area contributed by atoms with Crippen molar-refractivity contribution in [2.45, 2.75) is 26.2 Å². The fourth-order valence-electron chi connectivity index (χ4n) is 4.11. The van der Waals surface area contributed by atoms with Crippen molar-refractivity contribution in [1.82, 2.24) is 4.90 Å². The Balaban J connectivity index is 1.47. The van der Waals surface area contributed by atoms with Crippen molar-refractivity contribution >= 4 is 34.7 Å². The van der Waals surface area contributed by atoms with Crippen LogP contribution in [0.25, 0.3) is 5.57 Å². The molecule has 1 heterocycles. The van der Waals surface area contributed by atoms with E-state index in [4.69, 9.17) is 23.2 Å². The molecule has 134 valence electrons. The summed E-state index contributed by atoms with van der Waals surface area (Å²) in [5.74, 6) is 0.140. The summed E-state index contributed by atoms with van der Waals surface area (Å²) in [5, 5.41) is 1.52. The van der Waals surface area contributed by atoms with Gasteiger partial charge >= 0.3 is 0 Å². The maximum Gasteiger partial charge on any atom is 0.226 e. The van der Waals surface area contributed by atoms with Crippen LogP contribution in [0.15, 0.2) is 48.0 Å². The average Bonchev–Trinajstić information content (AvgIpc) is 3.00. The van der Waals surface area contributed by atoms with Gasteiger partial charge in [-0.15, -0.1) is 0 Å². The molecule has 1 aliphatic heterocycles. The lowest BCUT2D eigenvalue weighted by Gasteiger charge is -2.31. The molecule has 0 fully saturated rings. The zero-order valence-electron chi connectivity index (χ0n) is 14.8. The van der Waals surface area contributed by atoms with Crippen LogP contribution in [0.1, 0.15) is 30.0 Å². The summed E-state index contributed by atoms with van der Waals surface area (Å²) in [6, 6.07) is 13.9. The molecule has 4 heteroatoms. The lowest BCUT2D eigenvalue weighted by Crippen LogP contribution is -2.40. The van der Waals surface area contributed by atoms with Crippen LogP contribution in [0, 0.1) is 5.92 Å². The lowest BCUT2D eigenvalue weighted by molar-refractivity contribution is -0.134. The summed E-state index contributed by atoms with van der Waals surface area (Å²) in [7, 11) is 0. The first-order valence-corrected chi connectivity index (χ1v) is 9.80. The Bertz CT molecular complexity index is 903. The highest BCUT2D eigenvalue weighted by atomic mass is 35.5. The van der Waals surface area contributed by atoms with Crippen molar-refractivity contribution < 1.29 is 4.79 Å². The van der Waals surface area contributed by atoms with Crippen LogP contribution in [0.3, 0.4) is 0 Å². The third kappa shape index (κ3) is 3.28. The molecular weight excluding hydrogens is 365 g/mol. The number of halogens is 2. The van der Waals surface area contributed by atoms with Gasteiger partial charge in [-0.2, -0.15) is 0 Å². The van der Waals surface area contributed by atoms with Gasteiger partial charge in [0.2, 0.25) is 5.91 Å². The van der Waals surface area contributed by atoms with E-state index in [1.807, 2.05) is 42.2 Å². The van der Waals surface area contributed by atoms with Gasteiger partial charge in [-0.25, -0.2) is 0 Å². The number of rotatable bonds is 3. The number of benzene rings is 2. The first-order valence-electron chi connectivity index (χ1n) is 9.05. The van der Waals surface area contributed by atoms with Gasteiger partial charge in [-0.3, -0.25) is 4.79 Å². The van der Waals surface area contributed by atoms with Crippen molar-refractivity contribution in [2.24, 2.45) is 5.92 Å². The maximum atomic E-state index is 13.0. The molecule has 2 aliphatic rings. The van der Waals surface area contributed by atoms with Gasteiger partial charge in [0.05, 0.1) is 0 Å². The molecule has 0 aromatic heterocycles. The molecule has 4 rings (SSSR count). The first kappa shape index (κ1) is 17.6. The van der Waals surface area contributed by atoms with Crippen LogP contribution in [0.5, 0.6) is 0 Å². The highest BCUT2D eigenvalue weighted by Gasteiger charge is 2.30. The third-order valence-corrected chi connectivity index (χ3v) is 6.06. The first-order chi connectivity index (χ1) is 12.5. The molecule has 0 unspecified atom stereocenters. The number of hydrogen-bond donors (Lipinski definition) is 0. The molecule has 1 aliphatic carbocycles. The largest absolute Gasteiger partial charge is 0.338 e. The number of carbonyl (C=O) groups excluding carboxylic acids is 1. The van der Waals surface area contributed by atoms with Gasteiger partial charge in [-0.1, -0.05) is 54.4 Å². The van der Waals surface area contributed by atoms with E-state index in [0.717, 1.165) is 41.5 Å². The second-order valence-electron chi connectivity index (χ2n) is 7.27. The predicted molar refractivity (Wildman–Crippen MR) is 108 cm³/mol. The lowest BCUT2D eigenvalue weighted by atomic mass is 9.96. The third-order valence-electron chi connectivity index (χ3n) is 5.46. The Kier molecular flexibility index (Phi) is 4.81. The van der Waals surface area contributed by atoms with Crippen LogP contribution in [-0.4, -0.2) is 23.9 Å². The highest BCUT2D eigenvalue weighted by molar-refractivity contribution is 6.31. The second-order valence-corrected chi connectivity index (χ2v) is 8.11. The Morgan fingerprint density at radius 2 is 2.00 bits per heavy atom. The molecule has 0 N–H and O–H groups in total. The highest BCUT2D eigenvalue weighted by Crippen LogP contribution is 2.39. The summed E-state index contributed by atoms with van der Waals surface area (Å²) in [5.41, 5.74) is 6.41. The zero-order chi connectivity index (χ0) is 18.3. The van der Waals surface area contributed by atoms with Crippen molar-refractivity contribution in [3.63, 3.8) is 0 Å². The van der Waals surface area contributed by atoms with Crippen molar-refractivity contribution in [3.05, 3.63) is 74.8 Å². The summed E-state index contributed by atoms with van der Waals surface area (Å²) in [4.78, 5) is 15.0. The fraction of sp³-hybridized carbons (Fsp3) is 0.318. The summed E-state index contributed by atoms with van der Waals surface area (Å²) >= 11 is 12.4. The minimum absolute atomic E-state index is 0.0738. The number of carbonyl (C=O) groups is 1. The van der Waals surface area contributed by atoms with Crippen molar-refractivity contribution in [1.29, 1.82) is 0 Å². The van der Waals surface area contributed by atoms with E-state index in [2.05, 4.69) is 12.1 Å². The molecule has 2 aromatic carbocycles. The van der Waals surface area contributed by atoms with Gasteiger partial charge in [0, 0.05) is 29.1 Å². The molecular formula is C22H21Cl2NO. The van der Waals surface area contributed by atoms with Gasteiger partial charge in [-0.05, 0) is 65.3 Å². The van der Waals surface area contributed by atoms with Crippen LogP contribution in [0.2, 0.25) is 10.0 Å². The van der Waals surface area contributed by atoms with Crippen molar-refractivity contribution in [3.8, 4) is 0 Å². The molecule has 2 nitrogen and oxygen atoms in total. The fourth-order valence-corrected chi connectivity index (χ4v) is 4.50. The molecule has 2 aromatic rings. The Hall–Kier alpha value is -1.77. The Morgan fingerprint density at radius 3 is 2.81 bits per heavy atom. The van der Waals surface area contributed by atoms with Gasteiger partial charge in [0.15, 0.2) is 0 Å². The second kappa shape index (κ2) is 7.09. The van der Waals surface area contributed by atoms with E-state index < -0.39 is 0 Å². The Labute approximate surface area is 164 Å². The van der Waals surface area contributed by atoms with Crippen LogP contribution >= 0.6 is 23.2 Å². The minimum atomic E-state index is -0.0738. The number of hydrogen-bond acceptors (Lipinski definition) is 1. The standard InChI is InChI=1S/C22H21Cl2NO/c1-14(10-16-4-2-3-5-21(16)24)22(26)25-9-8-19-17(13-25)11-15-6-7-18(23)12-20(15)19/h2-7,12,14H,8-11,13H2,1H3/t14-/m1/s1. The molecule has 0 spiro atoms. The molecule has 1 amide bonds. The van der Waals surface area contributed by atoms with Crippen LogP contribution < -0.4 is 0 Å². The van der Waals surface area contributed by atoms with Gasteiger partial charge < -0.3 is 4.90 Å². The van der Waals surface area contributed by atoms with E-state index in [1.54, 1.807) is 0 Å². The van der Waals surface area contributed by atoms with E-state index in [9.17, 15) is 4.79 Å².